The topological polar surface area (TPSA) is 60.9 Å². The van der Waals surface area contributed by atoms with Crippen molar-refractivity contribution in [2.75, 3.05) is 37.6 Å². The number of aromatic amines is 1. The Morgan fingerprint density at radius 3 is 2.03 bits per heavy atom. The minimum absolute atomic E-state index is 0.820. The first-order valence-corrected chi connectivity index (χ1v) is 14.6. The van der Waals surface area contributed by atoms with E-state index < -0.39 is 0 Å². The number of hydrogen-bond acceptors (Lipinski definition) is 5. The van der Waals surface area contributed by atoms with Crippen molar-refractivity contribution in [1.82, 2.24) is 24.8 Å². The van der Waals surface area contributed by atoms with Crippen LogP contribution in [0.5, 0.6) is 0 Å². The average Bonchev–Trinajstić information content (AvgIpc) is 3.45. The molecule has 1 saturated heterocycles. The molecule has 0 aliphatic carbocycles. The number of hydrogen-bond donors (Lipinski definition) is 1. The Morgan fingerprint density at radius 1 is 0.737 bits per heavy atom. The molecule has 6 heteroatoms. The van der Waals surface area contributed by atoms with Gasteiger partial charge in [-0.25, -0.2) is 9.97 Å². The third kappa shape index (κ3) is 9.56. The molecule has 38 heavy (non-hydrogen) atoms. The van der Waals surface area contributed by atoms with Gasteiger partial charge in [-0.2, -0.15) is 0 Å². The highest BCUT2D eigenvalue weighted by Crippen LogP contribution is 2.20. The maximum atomic E-state index is 4.59. The summed E-state index contributed by atoms with van der Waals surface area (Å²) in [5.41, 5.74) is 4.70. The quantitative estimate of drug-likeness (QED) is 0.281. The zero-order valence-corrected chi connectivity index (χ0v) is 25.0. The summed E-state index contributed by atoms with van der Waals surface area (Å²) in [5, 5.41) is 1.36. The third-order valence-electron chi connectivity index (χ3n) is 5.88. The van der Waals surface area contributed by atoms with Gasteiger partial charge in [-0.05, 0) is 37.1 Å². The largest absolute Gasteiger partial charge is 0.361 e. The highest BCUT2D eigenvalue weighted by molar-refractivity contribution is 5.83. The number of nitrogens with one attached hydrogen (secondary N) is 1. The summed E-state index contributed by atoms with van der Waals surface area (Å²) in [7, 11) is 0. The fourth-order valence-corrected chi connectivity index (χ4v) is 4.17. The number of piperazine rings is 1. The van der Waals surface area contributed by atoms with Crippen molar-refractivity contribution in [2.45, 2.75) is 68.2 Å². The Morgan fingerprint density at radius 2 is 1.39 bits per heavy atom. The summed E-state index contributed by atoms with van der Waals surface area (Å²) in [4.78, 5) is 21.6. The van der Waals surface area contributed by atoms with E-state index in [0.717, 1.165) is 56.2 Å². The number of benzene rings is 1. The van der Waals surface area contributed by atoms with Crippen LogP contribution in [0.3, 0.4) is 0 Å². The second-order valence-corrected chi connectivity index (χ2v) is 7.81. The number of rotatable bonds is 6. The van der Waals surface area contributed by atoms with Crippen molar-refractivity contribution in [1.29, 1.82) is 0 Å². The van der Waals surface area contributed by atoms with Crippen LogP contribution < -0.4 is 4.90 Å². The van der Waals surface area contributed by atoms with Crippen LogP contribution in [0.2, 0.25) is 0 Å². The van der Waals surface area contributed by atoms with Crippen LogP contribution in [0, 0.1) is 0 Å². The van der Waals surface area contributed by atoms with Gasteiger partial charge in [0.2, 0.25) is 5.95 Å². The smallest absolute Gasteiger partial charge is 0.225 e. The van der Waals surface area contributed by atoms with Crippen LogP contribution in [-0.2, 0) is 6.42 Å². The Hall–Kier alpha value is -3.25. The second kappa shape index (κ2) is 19.8. The molecule has 208 valence electrons. The number of fused-ring (bicyclic) bond motifs is 1. The predicted octanol–water partition coefficient (Wildman–Crippen LogP) is 7.88. The van der Waals surface area contributed by atoms with Gasteiger partial charge in [0.1, 0.15) is 0 Å². The molecule has 4 aromatic rings. The Balaban J connectivity index is 0.000000829. The molecule has 0 spiro atoms. The maximum absolute atomic E-state index is 4.59. The molecule has 0 saturated carbocycles. The van der Waals surface area contributed by atoms with E-state index in [-0.39, 0.29) is 0 Å². The lowest BCUT2D eigenvalue weighted by molar-refractivity contribution is 0.254. The summed E-state index contributed by atoms with van der Waals surface area (Å²) in [5.74, 6) is 0.820. The van der Waals surface area contributed by atoms with Crippen molar-refractivity contribution in [3.8, 4) is 11.1 Å². The zero-order chi connectivity index (χ0) is 28.2. The number of H-pyrrole nitrogens is 1. The Bertz CT molecular complexity index is 1080. The van der Waals surface area contributed by atoms with Crippen LogP contribution in [-0.4, -0.2) is 57.6 Å². The minimum Gasteiger partial charge on any atom is -0.361 e. The molecule has 1 aromatic carbocycles. The first-order chi connectivity index (χ1) is 18.9. The van der Waals surface area contributed by atoms with Crippen LogP contribution in [0.1, 0.15) is 67.4 Å². The van der Waals surface area contributed by atoms with Crippen LogP contribution in [0.4, 0.5) is 5.95 Å². The molecule has 1 aliphatic heterocycles. The molecule has 1 aliphatic rings. The highest BCUT2D eigenvalue weighted by atomic mass is 15.3. The van der Waals surface area contributed by atoms with Gasteiger partial charge in [-0.3, -0.25) is 9.88 Å². The van der Waals surface area contributed by atoms with Crippen molar-refractivity contribution < 1.29 is 0 Å². The summed E-state index contributed by atoms with van der Waals surface area (Å²) < 4.78 is 0. The van der Waals surface area contributed by atoms with Gasteiger partial charge in [0.25, 0.3) is 0 Å². The van der Waals surface area contributed by atoms with E-state index in [1.165, 1.54) is 22.9 Å². The van der Waals surface area contributed by atoms with Gasteiger partial charge in [-0.15, -0.1) is 0 Å². The van der Waals surface area contributed by atoms with E-state index >= 15 is 0 Å². The lowest BCUT2D eigenvalue weighted by Gasteiger charge is -2.34. The number of anilines is 1. The fraction of sp³-hybridized carbons (Fsp3) is 0.469. The van der Waals surface area contributed by atoms with E-state index in [9.17, 15) is 0 Å². The van der Waals surface area contributed by atoms with Gasteiger partial charge < -0.3 is 9.88 Å². The van der Waals surface area contributed by atoms with E-state index in [1.807, 2.05) is 86.1 Å². The van der Waals surface area contributed by atoms with Crippen LogP contribution in [0.25, 0.3) is 22.0 Å². The lowest BCUT2D eigenvalue weighted by Crippen LogP contribution is -2.47. The van der Waals surface area contributed by atoms with E-state index in [4.69, 9.17) is 0 Å². The van der Waals surface area contributed by atoms with Crippen LogP contribution >= 0.6 is 0 Å². The monoisotopic (exact) mass is 518 g/mol. The normalized spacial score (nSPS) is 12.5. The summed E-state index contributed by atoms with van der Waals surface area (Å²) in [6.45, 7) is 21.2. The van der Waals surface area contributed by atoms with Crippen molar-refractivity contribution in [3.05, 3.63) is 72.9 Å². The molecule has 0 radical (unpaired) electrons. The molecule has 5 rings (SSSR count). The predicted molar refractivity (Wildman–Crippen MR) is 166 cm³/mol. The minimum atomic E-state index is 0.820. The summed E-state index contributed by atoms with van der Waals surface area (Å²) in [6, 6.07) is 12.5. The first-order valence-electron chi connectivity index (χ1n) is 14.6. The molecule has 1 N–H and O–H groups in total. The average molecular weight is 519 g/mol. The molecule has 0 bridgehead atoms. The SMILES string of the molecule is CC.CC.CC.CC.c1cncc(-c2cnc(N3CCN(CCCc4c[nH]c5ccccc45)CC3)nc2)c1. The summed E-state index contributed by atoms with van der Waals surface area (Å²) >= 11 is 0. The molecule has 6 nitrogen and oxygen atoms in total. The molecular weight excluding hydrogens is 468 g/mol. The molecule has 1 fully saturated rings. The van der Waals surface area contributed by atoms with Crippen molar-refractivity contribution >= 4 is 16.9 Å². The van der Waals surface area contributed by atoms with E-state index in [0.29, 0.717) is 0 Å². The standard InChI is InChI=1S/C24H26N6.4C2H6/c1-2-8-23-22(7-1)20(16-26-23)6-4-10-29-11-13-30(14-12-29)24-27-17-21(18-28-24)19-5-3-9-25-15-19;4*1-2/h1-3,5,7-9,15-18,26H,4,6,10-14H2;4*1-2H3. The van der Waals surface area contributed by atoms with Crippen molar-refractivity contribution in [2.24, 2.45) is 0 Å². The third-order valence-corrected chi connectivity index (χ3v) is 5.88. The second-order valence-electron chi connectivity index (χ2n) is 7.81. The molecule has 0 unspecified atom stereocenters. The highest BCUT2D eigenvalue weighted by Gasteiger charge is 2.18. The first kappa shape index (κ1) is 32.8. The summed E-state index contributed by atoms with van der Waals surface area (Å²) in [6.07, 6.45) is 11.9. The van der Waals surface area contributed by atoms with Gasteiger partial charge in [0.05, 0.1) is 0 Å². The van der Waals surface area contributed by atoms with Gasteiger partial charge in [0.15, 0.2) is 0 Å². The maximum Gasteiger partial charge on any atom is 0.225 e. The molecule has 0 amide bonds. The fourth-order valence-electron chi connectivity index (χ4n) is 4.17. The molecule has 0 atom stereocenters. The molecular formula is C32H50N6. The molecule has 4 heterocycles. The Kier molecular flexibility index (Phi) is 17.1. The number of aromatic nitrogens is 4. The number of pyridine rings is 1. The zero-order valence-electron chi connectivity index (χ0n) is 25.0. The molecule has 3 aromatic heterocycles. The lowest BCUT2D eigenvalue weighted by atomic mass is 10.1. The van der Waals surface area contributed by atoms with Gasteiger partial charge >= 0.3 is 0 Å². The van der Waals surface area contributed by atoms with Crippen molar-refractivity contribution in [3.63, 3.8) is 0 Å². The number of para-hydroxylation sites is 1. The number of aryl methyl sites for hydroxylation is 1. The van der Waals surface area contributed by atoms with E-state index in [1.54, 1.807) is 6.20 Å². The number of nitrogens with zero attached hydrogens (tertiary/aromatic N) is 5. The van der Waals surface area contributed by atoms with E-state index in [2.05, 4.69) is 60.2 Å². The van der Waals surface area contributed by atoms with Crippen LogP contribution in [0.15, 0.2) is 67.4 Å². The van der Waals surface area contributed by atoms with Gasteiger partial charge in [-0.1, -0.05) is 79.7 Å². The van der Waals surface area contributed by atoms with Gasteiger partial charge in [0, 0.05) is 79.2 Å². The Labute approximate surface area is 231 Å².